The van der Waals surface area contributed by atoms with Gasteiger partial charge < -0.3 is 0 Å². The maximum Gasteiger partial charge on any atom is 0.419 e. The van der Waals surface area contributed by atoms with Crippen molar-refractivity contribution in [1.82, 2.24) is 9.71 Å². The fourth-order valence-electron chi connectivity index (χ4n) is 2.83. The molecule has 1 aromatic carbocycles. The Morgan fingerprint density at radius 3 is 2.64 bits per heavy atom. The van der Waals surface area contributed by atoms with E-state index in [0.29, 0.717) is 34.5 Å². The van der Waals surface area contributed by atoms with Crippen molar-refractivity contribution in [3.63, 3.8) is 0 Å². The predicted octanol–water partition coefficient (Wildman–Crippen LogP) is 4.37. The Hall–Kier alpha value is -1.35. The summed E-state index contributed by atoms with van der Waals surface area (Å²) in [5, 5.41) is -0.328. The molecule has 0 spiro atoms. The summed E-state index contributed by atoms with van der Waals surface area (Å²) in [6.45, 7) is 0. The van der Waals surface area contributed by atoms with Gasteiger partial charge in [-0.25, -0.2) is 18.1 Å². The van der Waals surface area contributed by atoms with E-state index >= 15 is 0 Å². The van der Waals surface area contributed by atoms with Crippen LogP contribution in [0.1, 0.15) is 29.2 Å². The van der Waals surface area contributed by atoms with Crippen LogP contribution >= 0.6 is 23.2 Å². The quantitative estimate of drug-likeness (QED) is 0.816. The second kappa shape index (κ2) is 6.42. The van der Waals surface area contributed by atoms with E-state index in [4.69, 9.17) is 23.2 Å². The molecule has 0 fully saturated rings. The third kappa shape index (κ3) is 3.62. The highest BCUT2D eigenvalue weighted by Gasteiger charge is 2.39. The van der Waals surface area contributed by atoms with Crippen molar-refractivity contribution in [3.05, 3.63) is 57.2 Å². The van der Waals surface area contributed by atoms with Crippen LogP contribution in [0.2, 0.25) is 10.0 Å². The summed E-state index contributed by atoms with van der Waals surface area (Å²) in [6, 6.07) is 4.09. The van der Waals surface area contributed by atoms with Gasteiger partial charge in [0.15, 0.2) is 5.03 Å². The highest BCUT2D eigenvalue weighted by Crippen LogP contribution is 2.39. The molecule has 0 amide bonds. The number of sulfonamides is 1. The summed E-state index contributed by atoms with van der Waals surface area (Å²) in [5.41, 5.74) is -0.0220. The molecule has 1 unspecified atom stereocenters. The van der Waals surface area contributed by atoms with Gasteiger partial charge in [0.25, 0.3) is 10.0 Å². The molecule has 1 aliphatic rings. The molecule has 2 aromatic rings. The van der Waals surface area contributed by atoms with Crippen LogP contribution in [0.15, 0.2) is 35.5 Å². The van der Waals surface area contributed by atoms with Crippen LogP contribution < -0.4 is 4.72 Å². The number of benzene rings is 1. The minimum absolute atomic E-state index is 0.323. The number of hydrogen-bond acceptors (Lipinski definition) is 3. The third-order valence-corrected chi connectivity index (χ3v) is 5.87. The minimum Gasteiger partial charge on any atom is -0.243 e. The fraction of sp³-hybridized carbons (Fsp3) is 0.267. The number of alkyl halides is 3. The van der Waals surface area contributed by atoms with Gasteiger partial charge in [-0.15, -0.1) is 0 Å². The largest absolute Gasteiger partial charge is 0.419 e. The fourth-order valence-corrected chi connectivity index (χ4v) is 4.84. The van der Waals surface area contributed by atoms with Crippen LogP contribution in [-0.2, 0) is 22.6 Å². The lowest BCUT2D eigenvalue weighted by Gasteiger charge is -2.17. The molecule has 0 radical (unpaired) electrons. The van der Waals surface area contributed by atoms with E-state index in [1.165, 1.54) is 0 Å². The number of rotatable bonds is 3. The van der Waals surface area contributed by atoms with Crippen LogP contribution in [-0.4, -0.2) is 13.4 Å². The second-order valence-electron chi connectivity index (χ2n) is 5.52. The van der Waals surface area contributed by atoms with E-state index in [1.807, 2.05) is 0 Å². The smallest absolute Gasteiger partial charge is 0.243 e. The van der Waals surface area contributed by atoms with Crippen LogP contribution in [0.25, 0.3) is 0 Å². The SMILES string of the molecule is O=S(=O)(NC1CCc2c(Cl)cc(Cl)cc21)c1ncccc1C(F)(F)F. The maximum absolute atomic E-state index is 13.1. The maximum atomic E-state index is 13.1. The molecule has 134 valence electrons. The number of halogens is 5. The molecular weight excluding hydrogens is 400 g/mol. The molecule has 1 heterocycles. The van der Waals surface area contributed by atoms with Gasteiger partial charge in [0, 0.05) is 22.3 Å². The lowest BCUT2D eigenvalue weighted by atomic mass is 10.1. The molecule has 3 rings (SSSR count). The molecule has 10 heteroatoms. The van der Waals surface area contributed by atoms with Gasteiger partial charge in [-0.1, -0.05) is 23.2 Å². The summed E-state index contributed by atoms with van der Waals surface area (Å²) < 4.78 is 66.5. The zero-order valence-corrected chi connectivity index (χ0v) is 14.8. The molecule has 0 saturated carbocycles. The summed E-state index contributed by atoms with van der Waals surface area (Å²) in [6.07, 6.45) is -2.98. The summed E-state index contributed by atoms with van der Waals surface area (Å²) in [5.74, 6) is 0. The van der Waals surface area contributed by atoms with Crippen molar-refractivity contribution >= 4 is 33.2 Å². The highest BCUT2D eigenvalue weighted by molar-refractivity contribution is 7.89. The zero-order chi connectivity index (χ0) is 18.4. The van der Waals surface area contributed by atoms with E-state index in [0.717, 1.165) is 17.8 Å². The van der Waals surface area contributed by atoms with Gasteiger partial charge >= 0.3 is 6.18 Å². The number of fused-ring (bicyclic) bond motifs is 1. The van der Waals surface area contributed by atoms with Gasteiger partial charge in [0.1, 0.15) is 0 Å². The van der Waals surface area contributed by atoms with Gasteiger partial charge in [0.2, 0.25) is 0 Å². The van der Waals surface area contributed by atoms with Gasteiger partial charge in [0.05, 0.1) is 5.56 Å². The van der Waals surface area contributed by atoms with Crippen LogP contribution in [0.5, 0.6) is 0 Å². The third-order valence-electron chi connectivity index (χ3n) is 3.88. The van der Waals surface area contributed by atoms with Crippen molar-refractivity contribution < 1.29 is 21.6 Å². The van der Waals surface area contributed by atoms with E-state index < -0.39 is 32.8 Å². The summed E-state index contributed by atoms with van der Waals surface area (Å²) >= 11 is 12.0. The lowest BCUT2D eigenvalue weighted by Crippen LogP contribution is -2.30. The first-order valence-electron chi connectivity index (χ1n) is 7.12. The highest BCUT2D eigenvalue weighted by atomic mass is 35.5. The standard InChI is InChI=1S/C15H11Cl2F3N2O2S/c16-8-6-10-9(12(17)7-8)3-4-13(10)22-25(23,24)14-11(15(18,19)20)2-1-5-21-14/h1-2,5-7,13,22H,3-4H2. The topological polar surface area (TPSA) is 59.1 Å². The predicted molar refractivity (Wildman–Crippen MR) is 87.1 cm³/mol. The van der Waals surface area contributed by atoms with Crippen molar-refractivity contribution in [3.8, 4) is 0 Å². The number of nitrogens with one attached hydrogen (secondary N) is 1. The van der Waals surface area contributed by atoms with E-state index in [1.54, 1.807) is 12.1 Å². The lowest BCUT2D eigenvalue weighted by molar-refractivity contribution is -0.140. The summed E-state index contributed by atoms with van der Waals surface area (Å²) in [4.78, 5) is 3.43. The molecule has 1 N–H and O–H groups in total. The molecule has 4 nitrogen and oxygen atoms in total. The molecular formula is C15H11Cl2F3N2O2S. The first kappa shape index (κ1) is 18.4. The monoisotopic (exact) mass is 410 g/mol. The number of nitrogens with zero attached hydrogens (tertiary/aromatic N) is 1. The molecule has 0 saturated heterocycles. The van der Waals surface area contributed by atoms with Crippen molar-refractivity contribution in [2.45, 2.75) is 30.1 Å². The minimum atomic E-state index is -4.83. The Morgan fingerprint density at radius 2 is 1.96 bits per heavy atom. The second-order valence-corrected chi connectivity index (χ2v) is 7.99. The van der Waals surface area contributed by atoms with Gasteiger partial charge in [-0.3, -0.25) is 0 Å². The Morgan fingerprint density at radius 1 is 1.24 bits per heavy atom. The Balaban J connectivity index is 1.99. The van der Waals surface area contributed by atoms with Crippen LogP contribution in [0, 0.1) is 0 Å². The van der Waals surface area contributed by atoms with Gasteiger partial charge in [-0.2, -0.15) is 13.2 Å². The molecule has 1 aliphatic carbocycles. The van der Waals surface area contributed by atoms with Crippen molar-refractivity contribution in [2.75, 3.05) is 0 Å². The number of pyridine rings is 1. The number of hydrogen-bond donors (Lipinski definition) is 1. The molecule has 1 atom stereocenters. The Kier molecular flexibility index (Phi) is 4.74. The first-order valence-corrected chi connectivity index (χ1v) is 9.36. The van der Waals surface area contributed by atoms with Gasteiger partial charge in [-0.05, 0) is 48.2 Å². The summed E-state index contributed by atoms with van der Waals surface area (Å²) in [7, 11) is -4.49. The molecule has 25 heavy (non-hydrogen) atoms. The number of aromatic nitrogens is 1. The van der Waals surface area contributed by atoms with E-state index in [2.05, 4.69) is 9.71 Å². The van der Waals surface area contributed by atoms with Crippen LogP contribution in [0.3, 0.4) is 0 Å². The molecule has 0 aliphatic heterocycles. The average molecular weight is 411 g/mol. The molecule has 0 bridgehead atoms. The van der Waals surface area contributed by atoms with Crippen LogP contribution in [0.4, 0.5) is 13.2 Å². The normalized spacial score (nSPS) is 17.6. The average Bonchev–Trinajstić information content (AvgIpc) is 2.89. The Labute approximate surface area is 152 Å². The first-order chi connectivity index (χ1) is 11.6. The van der Waals surface area contributed by atoms with E-state index in [9.17, 15) is 21.6 Å². The zero-order valence-electron chi connectivity index (χ0n) is 12.4. The van der Waals surface area contributed by atoms with E-state index in [-0.39, 0.29) is 0 Å². The van der Waals surface area contributed by atoms with Crippen molar-refractivity contribution in [2.24, 2.45) is 0 Å². The van der Waals surface area contributed by atoms with Crippen molar-refractivity contribution in [1.29, 1.82) is 0 Å². The Bertz CT molecular complexity index is 933. The molecule has 1 aromatic heterocycles.